The summed E-state index contributed by atoms with van der Waals surface area (Å²) < 4.78 is 5.17. The van der Waals surface area contributed by atoms with Gasteiger partial charge in [-0.1, -0.05) is 49.4 Å². The third-order valence-corrected chi connectivity index (χ3v) is 4.52. The van der Waals surface area contributed by atoms with E-state index in [0.29, 0.717) is 5.69 Å². The number of aromatic nitrogens is 1. The fraction of sp³-hybridized carbons (Fsp3) is 0.333. The molecular weight excluding hydrogens is 362 g/mol. The van der Waals surface area contributed by atoms with Crippen molar-refractivity contribution in [1.82, 2.24) is 10.3 Å². The predicted octanol–water partition coefficient (Wildman–Crippen LogP) is 5.74. The van der Waals surface area contributed by atoms with Crippen LogP contribution in [0, 0.1) is 0 Å². The lowest BCUT2D eigenvalue weighted by Crippen LogP contribution is -2.35. The first-order valence-electron chi connectivity index (χ1n) is 10.0. The number of nitrogens with zero attached hydrogens (tertiary/aromatic N) is 1. The van der Waals surface area contributed by atoms with Crippen molar-refractivity contribution in [1.29, 1.82) is 0 Å². The Labute approximate surface area is 172 Å². The summed E-state index contributed by atoms with van der Waals surface area (Å²) in [6.07, 6.45) is 4.24. The first-order valence-corrected chi connectivity index (χ1v) is 10.0. The molecule has 1 heterocycles. The summed E-state index contributed by atoms with van der Waals surface area (Å²) in [4.78, 5) is 16.9. The molecule has 0 unspecified atom stereocenters. The van der Waals surface area contributed by atoms with Gasteiger partial charge in [0.25, 0.3) is 0 Å². The summed E-state index contributed by atoms with van der Waals surface area (Å²) in [6, 6.07) is 14.0. The van der Waals surface area contributed by atoms with E-state index < -0.39 is 6.09 Å². The lowest BCUT2D eigenvalue weighted by atomic mass is 10.1. The van der Waals surface area contributed by atoms with Crippen LogP contribution in [0.25, 0.3) is 22.2 Å². The number of ether oxygens (including phenoxy) is 1. The minimum atomic E-state index is -0.476. The molecule has 0 atom stereocenters. The predicted molar refractivity (Wildman–Crippen MR) is 119 cm³/mol. The van der Waals surface area contributed by atoms with Crippen molar-refractivity contribution in [2.24, 2.45) is 0 Å². The first-order chi connectivity index (χ1) is 13.9. The number of carbonyl (C=O) groups excluding carboxylic acids is 1. The number of allylic oxidation sites excluding steroid dienone is 1. The normalized spacial score (nSPS) is 12.0. The van der Waals surface area contributed by atoms with Crippen LogP contribution in [0.15, 0.2) is 54.6 Å². The van der Waals surface area contributed by atoms with Crippen LogP contribution in [-0.2, 0) is 11.3 Å². The van der Waals surface area contributed by atoms with Crippen molar-refractivity contribution in [2.45, 2.75) is 46.2 Å². The second-order valence-electron chi connectivity index (χ2n) is 8.06. The monoisotopic (exact) mass is 391 g/mol. The number of amides is 1. The summed E-state index contributed by atoms with van der Waals surface area (Å²) in [7, 11) is 0. The number of benzene rings is 1. The van der Waals surface area contributed by atoms with Gasteiger partial charge in [-0.2, -0.15) is 0 Å². The number of para-hydroxylation sites is 1. The van der Waals surface area contributed by atoms with E-state index in [2.05, 4.69) is 49.6 Å². The number of rotatable bonds is 6. The first kappa shape index (κ1) is 20.8. The maximum atomic E-state index is 12.0. The third kappa shape index (κ3) is 5.55. The average Bonchev–Trinajstić information content (AvgIpc) is 2.88. The van der Waals surface area contributed by atoms with Gasteiger partial charge in [0, 0.05) is 28.7 Å². The molecule has 0 bridgehead atoms. The van der Waals surface area contributed by atoms with Crippen molar-refractivity contribution in [3.8, 4) is 11.3 Å². The van der Waals surface area contributed by atoms with Gasteiger partial charge >= 0.3 is 6.09 Å². The fourth-order valence-electron chi connectivity index (χ4n) is 3.08. The van der Waals surface area contributed by atoms with Gasteiger partial charge in [0.05, 0.1) is 11.2 Å². The Balaban J connectivity index is 1.85. The Hall–Kier alpha value is -2.92. The van der Waals surface area contributed by atoms with Crippen molar-refractivity contribution in [2.75, 3.05) is 11.9 Å². The van der Waals surface area contributed by atoms with Crippen molar-refractivity contribution < 1.29 is 9.53 Å². The van der Waals surface area contributed by atoms with Gasteiger partial charge in [0.1, 0.15) is 6.61 Å². The van der Waals surface area contributed by atoms with Crippen molar-refractivity contribution >= 4 is 22.7 Å². The molecule has 2 N–H and O–H groups in total. The van der Waals surface area contributed by atoms with Crippen LogP contribution in [0.3, 0.4) is 0 Å². The molecule has 0 aromatic heterocycles. The lowest BCUT2D eigenvalue weighted by Gasteiger charge is -2.20. The standard InChI is InChI=1S/C24H29N3O2/c1-5-6-7-14-29-23(28)26-18-11-9-12-19-20-13-8-10-17(16-25-24(2,3)4)22(20)27-21(19)15-18/h6-13,15,25H,5,14,16H2,1-4H3,(H,26,28)/b7-6+. The molecule has 0 saturated carbocycles. The Bertz CT molecular complexity index is 989. The van der Waals surface area contributed by atoms with E-state index in [9.17, 15) is 4.79 Å². The molecule has 29 heavy (non-hydrogen) atoms. The molecule has 1 aromatic carbocycles. The Morgan fingerprint density at radius 3 is 2.69 bits per heavy atom. The number of fused-ring (bicyclic) bond motifs is 3. The van der Waals surface area contributed by atoms with E-state index in [0.717, 1.165) is 40.7 Å². The summed E-state index contributed by atoms with van der Waals surface area (Å²) in [6.45, 7) is 9.49. The van der Waals surface area contributed by atoms with E-state index in [1.54, 1.807) is 0 Å². The average molecular weight is 392 g/mol. The van der Waals surface area contributed by atoms with E-state index in [4.69, 9.17) is 9.72 Å². The topological polar surface area (TPSA) is 63.2 Å². The molecule has 0 radical (unpaired) electrons. The largest absolute Gasteiger partial charge is 0.445 e. The highest BCUT2D eigenvalue weighted by molar-refractivity contribution is 5.99. The number of anilines is 1. The summed E-state index contributed by atoms with van der Waals surface area (Å²) >= 11 is 0. The van der Waals surface area contributed by atoms with Gasteiger partial charge in [-0.25, -0.2) is 9.78 Å². The zero-order valence-corrected chi connectivity index (χ0v) is 17.6. The SMILES string of the molecule is CC/C=C/COC(=O)Nc1cccc2c3cccc(CNC(C)(C)C)c3nc-2c1. The Morgan fingerprint density at radius 1 is 1.14 bits per heavy atom. The summed E-state index contributed by atoms with van der Waals surface area (Å²) in [5.74, 6) is 0. The molecule has 3 rings (SSSR count). The molecule has 1 aromatic rings. The van der Waals surface area contributed by atoms with Crippen LogP contribution in [0.4, 0.5) is 10.5 Å². The van der Waals surface area contributed by atoms with E-state index in [1.807, 2.05) is 43.3 Å². The van der Waals surface area contributed by atoms with Crippen molar-refractivity contribution in [3.05, 3.63) is 60.2 Å². The van der Waals surface area contributed by atoms with Crippen LogP contribution in [-0.4, -0.2) is 23.2 Å². The van der Waals surface area contributed by atoms with Crippen LogP contribution >= 0.6 is 0 Å². The quantitative estimate of drug-likeness (QED) is 0.526. The molecule has 152 valence electrons. The van der Waals surface area contributed by atoms with Gasteiger partial charge in [0.15, 0.2) is 0 Å². The molecule has 0 spiro atoms. The molecule has 1 amide bonds. The highest BCUT2D eigenvalue weighted by Gasteiger charge is 2.16. The number of hydrogen-bond donors (Lipinski definition) is 2. The molecule has 1 aliphatic carbocycles. The van der Waals surface area contributed by atoms with E-state index >= 15 is 0 Å². The fourth-order valence-corrected chi connectivity index (χ4v) is 3.08. The number of hydrogen-bond acceptors (Lipinski definition) is 4. The lowest BCUT2D eigenvalue weighted by molar-refractivity contribution is 0.174. The van der Waals surface area contributed by atoms with Gasteiger partial charge in [-0.15, -0.1) is 0 Å². The second-order valence-corrected chi connectivity index (χ2v) is 8.06. The third-order valence-electron chi connectivity index (χ3n) is 4.52. The number of carbonyl (C=O) groups is 1. The zero-order chi connectivity index (χ0) is 20.9. The maximum Gasteiger partial charge on any atom is 0.411 e. The minimum Gasteiger partial charge on any atom is -0.445 e. The molecule has 0 saturated heterocycles. The number of nitrogens with one attached hydrogen (secondary N) is 2. The van der Waals surface area contributed by atoms with Gasteiger partial charge in [-0.05, 0) is 44.9 Å². The van der Waals surface area contributed by atoms with Crippen LogP contribution < -0.4 is 10.6 Å². The van der Waals surface area contributed by atoms with E-state index in [-0.39, 0.29) is 12.1 Å². The maximum absolute atomic E-state index is 12.0. The summed E-state index contributed by atoms with van der Waals surface area (Å²) in [5, 5.41) is 7.43. The molecule has 0 fully saturated rings. The smallest absolute Gasteiger partial charge is 0.411 e. The second kappa shape index (κ2) is 9.05. The Morgan fingerprint density at radius 2 is 1.93 bits per heavy atom. The van der Waals surface area contributed by atoms with E-state index in [1.165, 1.54) is 0 Å². The molecular formula is C24H29N3O2. The highest BCUT2D eigenvalue weighted by atomic mass is 16.5. The zero-order valence-electron chi connectivity index (χ0n) is 17.6. The van der Waals surface area contributed by atoms with Crippen LogP contribution in [0.2, 0.25) is 0 Å². The highest BCUT2D eigenvalue weighted by Crippen LogP contribution is 2.33. The summed E-state index contributed by atoms with van der Waals surface area (Å²) in [5.41, 5.74) is 4.74. The minimum absolute atomic E-state index is 0.0321. The van der Waals surface area contributed by atoms with Gasteiger partial charge in [0.2, 0.25) is 0 Å². The molecule has 5 nitrogen and oxygen atoms in total. The molecule has 5 heteroatoms. The van der Waals surface area contributed by atoms with Gasteiger partial charge < -0.3 is 10.1 Å². The van der Waals surface area contributed by atoms with Gasteiger partial charge in [-0.3, -0.25) is 5.32 Å². The Kier molecular flexibility index (Phi) is 6.49. The van der Waals surface area contributed by atoms with Crippen LogP contribution in [0.5, 0.6) is 0 Å². The van der Waals surface area contributed by atoms with Crippen LogP contribution in [0.1, 0.15) is 39.7 Å². The molecule has 1 aliphatic heterocycles. The van der Waals surface area contributed by atoms with Crippen molar-refractivity contribution in [3.63, 3.8) is 0 Å². The molecule has 2 aliphatic rings.